The molecule has 1 aliphatic rings. The van der Waals surface area contributed by atoms with Gasteiger partial charge in [-0.15, -0.1) is 0 Å². The van der Waals surface area contributed by atoms with Crippen LogP contribution in [0.1, 0.15) is 164 Å². The van der Waals surface area contributed by atoms with Crippen LogP contribution < -0.4 is 0 Å². The molecule has 2 aromatic rings. The second-order valence-electron chi connectivity index (χ2n) is 13.0. The van der Waals surface area contributed by atoms with Crippen molar-refractivity contribution in [2.75, 3.05) is 0 Å². The van der Waals surface area contributed by atoms with Crippen LogP contribution in [0.25, 0.3) is 16.9 Å². The number of rotatable bonds is 21. The van der Waals surface area contributed by atoms with Crippen LogP contribution in [0, 0.1) is 0 Å². The van der Waals surface area contributed by atoms with E-state index < -0.39 is 0 Å². The fraction of sp³-hybridized carbons (Fsp3) is 0.619. The van der Waals surface area contributed by atoms with Crippen molar-refractivity contribution in [1.29, 1.82) is 0 Å². The monoisotopic (exact) mass is 656 g/mol. The molecule has 3 heteroatoms. The Morgan fingerprint density at radius 1 is 0.489 bits per heavy atom. The summed E-state index contributed by atoms with van der Waals surface area (Å²) < 4.78 is 1.55. The first-order valence-corrected chi connectivity index (χ1v) is 20.3. The summed E-state index contributed by atoms with van der Waals surface area (Å²) in [7, 11) is 0. The van der Waals surface area contributed by atoms with Crippen LogP contribution in [-0.4, -0.2) is 4.70 Å². The second kappa shape index (κ2) is 23.4. The van der Waals surface area contributed by atoms with Crippen LogP contribution in [0.4, 0.5) is 0 Å². The standard InChI is InChI=1S/C40H60N2.2CH3.Ni/c1-6-11-16-20-32-25-33(21-17-12-7-2)28-37(27-32)39-31-36(24-15-10-5)40(42(39)41)38-29-34(22-18-13-8-3)26-35(30-38)23-19-14-9-4;;;/h25-31H,6-24H2,1-5H3;2*1H3;. The van der Waals surface area contributed by atoms with Gasteiger partial charge in [0.1, 0.15) is 0 Å². The van der Waals surface area contributed by atoms with Crippen molar-refractivity contribution in [1.82, 2.24) is 0 Å². The van der Waals surface area contributed by atoms with Gasteiger partial charge in [-0.2, -0.15) is 0 Å². The average molecular weight is 658 g/mol. The van der Waals surface area contributed by atoms with E-state index in [2.05, 4.69) is 88.9 Å². The van der Waals surface area contributed by atoms with E-state index in [-0.39, 0.29) is 0 Å². The Balaban J connectivity index is 0.00000226. The summed E-state index contributed by atoms with van der Waals surface area (Å²) in [5, 5.41) is 0. The fourth-order valence-electron chi connectivity index (χ4n) is 6.33. The van der Waals surface area contributed by atoms with Crippen LogP contribution >= 0.6 is 0 Å². The number of benzene rings is 2. The number of nitrogens with zero attached hydrogens (tertiary/aromatic N) is 2. The van der Waals surface area contributed by atoms with Crippen LogP contribution in [-0.2, 0) is 40.1 Å². The maximum atomic E-state index is 12.0. The predicted molar refractivity (Wildman–Crippen MR) is 196 cm³/mol. The number of unbranched alkanes of at least 4 members (excludes halogenated alkanes) is 9. The summed E-state index contributed by atoms with van der Waals surface area (Å²) in [6, 6.07) is 14.3. The van der Waals surface area contributed by atoms with E-state index in [4.69, 9.17) is 0 Å². The maximum absolute atomic E-state index is 12.0. The molecule has 3 rings (SSSR count). The molecule has 0 atom stereocenters. The molecule has 0 unspecified atom stereocenters. The summed E-state index contributed by atoms with van der Waals surface area (Å²) in [5.41, 5.74) is 23.2. The molecule has 1 heterocycles. The van der Waals surface area contributed by atoms with Gasteiger partial charge in [-0.05, 0) is 111 Å². The Kier molecular flexibility index (Phi) is 20.3. The summed E-state index contributed by atoms with van der Waals surface area (Å²) >= 11 is 1.62. The first-order chi connectivity index (χ1) is 22.0. The van der Waals surface area contributed by atoms with Crippen LogP contribution in [0.3, 0.4) is 0 Å². The zero-order valence-corrected chi connectivity index (χ0v) is 31.2. The van der Waals surface area contributed by atoms with Crippen molar-refractivity contribution < 1.29 is 19.1 Å². The topological polar surface area (TPSA) is 25.3 Å². The van der Waals surface area contributed by atoms with Crippen molar-refractivity contribution in [2.45, 2.75) is 168 Å². The normalized spacial score (nSPS) is 13.0. The first-order valence-electron chi connectivity index (χ1n) is 18.4. The minimum atomic E-state index is 0.953. The van der Waals surface area contributed by atoms with Crippen molar-refractivity contribution in [3.63, 3.8) is 0 Å². The summed E-state index contributed by atoms with van der Waals surface area (Å²) in [6.45, 7) is 11.4. The molecule has 254 valence electrons. The molecule has 1 aliphatic heterocycles. The summed E-state index contributed by atoms with van der Waals surface area (Å²) in [4.78, 5) is 0. The van der Waals surface area contributed by atoms with Crippen LogP contribution in [0.5, 0.6) is 0 Å². The van der Waals surface area contributed by atoms with E-state index in [9.17, 15) is 5.53 Å². The molecule has 0 fully saturated rings. The van der Waals surface area contributed by atoms with E-state index in [0.717, 1.165) is 56.3 Å². The molecule has 0 radical (unpaired) electrons. The average Bonchev–Trinajstić information content (AvgIpc) is 3.36. The third kappa shape index (κ3) is 13.7. The van der Waals surface area contributed by atoms with Gasteiger partial charge < -0.3 is 5.53 Å². The molecular formula is C42H66N2Ni. The van der Waals surface area contributed by atoms with Crippen molar-refractivity contribution in [3.05, 3.63) is 87.0 Å². The van der Waals surface area contributed by atoms with Gasteiger partial charge in [0, 0.05) is 22.8 Å². The van der Waals surface area contributed by atoms with Gasteiger partial charge in [-0.3, -0.25) is 0 Å². The fourth-order valence-corrected chi connectivity index (χ4v) is 6.33. The number of aryl methyl sites for hydroxylation is 4. The summed E-state index contributed by atoms with van der Waals surface area (Å²) in [5.74, 6) is 4.12. The van der Waals surface area contributed by atoms with Gasteiger partial charge >= 0.3 is 26.2 Å². The quantitative estimate of drug-likeness (QED) is 0.0725. The van der Waals surface area contributed by atoms with Crippen molar-refractivity contribution >= 4 is 11.4 Å². The molecule has 45 heavy (non-hydrogen) atoms. The third-order valence-electron chi connectivity index (χ3n) is 8.81. The molecule has 2 aromatic carbocycles. The molecular weight excluding hydrogens is 591 g/mol. The van der Waals surface area contributed by atoms with E-state index in [0.29, 0.717) is 0 Å². The Labute approximate surface area is 284 Å². The van der Waals surface area contributed by atoms with E-state index in [1.807, 2.05) is 0 Å². The van der Waals surface area contributed by atoms with E-state index >= 15 is 0 Å². The van der Waals surface area contributed by atoms with Gasteiger partial charge in [0.15, 0.2) is 0 Å². The van der Waals surface area contributed by atoms with E-state index in [1.165, 1.54) is 116 Å². The third-order valence-corrected chi connectivity index (χ3v) is 8.81. The van der Waals surface area contributed by atoms with Gasteiger partial charge in [-0.1, -0.05) is 105 Å². The Hall–Kier alpha value is -1.99. The number of hydrogen-bond donors (Lipinski definition) is 0. The van der Waals surface area contributed by atoms with Crippen molar-refractivity contribution in [2.24, 2.45) is 0 Å². The van der Waals surface area contributed by atoms with Gasteiger partial charge in [0.05, 0.1) is 0 Å². The van der Waals surface area contributed by atoms with Gasteiger partial charge in [0.2, 0.25) is 11.4 Å². The Morgan fingerprint density at radius 2 is 0.844 bits per heavy atom. The van der Waals surface area contributed by atoms with Crippen LogP contribution in [0.15, 0.2) is 48.0 Å². The molecule has 0 N–H and O–H groups in total. The zero-order chi connectivity index (χ0) is 32.9. The molecule has 0 aromatic heterocycles. The van der Waals surface area contributed by atoms with Crippen LogP contribution in [0.2, 0.25) is 11.8 Å². The first kappa shape index (κ1) is 39.2. The molecule has 0 saturated heterocycles. The number of hydrogen-bond acceptors (Lipinski definition) is 0. The van der Waals surface area contributed by atoms with E-state index in [1.54, 1.807) is 19.1 Å². The van der Waals surface area contributed by atoms with Crippen molar-refractivity contribution in [3.8, 4) is 0 Å². The predicted octanol–water partition coefficient (Wildman–Crippen LogP) is 13.8. The van der Waals surface area contributed by atoms with Gasteiger partial charge in [0.25, 0.3) is 0 Å². The SMILES string of the molecule is CCCCCc1cc(CCCCC)cc(C2=CC(CCCC)=C(c3cc(CCCCC)cc(CCCCC)c3)[N+]2=[N-])c1.[CH3][Ni][CH3]. The summed E-state index contributed by atoms with van der Waals surface area (Å²) in [6.07, 6.45) is 25.0. The molecule has 0 aliphatic carbocycles. The second-order valence-corrected chi connectivity index (χ2v) is 14.0. The molecule has 2 nitrogen and oxygen atoms in total. The molecule has 0 bridgehead atoms. The minimum absolute atomic E-state index is 0.953. The zero-order valence-electron chi connectivity index (χ0n) is 30.2. The Morgan fingerprint density at radius 3 is 1.20 bits per heavy atom. The number of allylic oxidation sites excluding steroid dienone is 2. The van der Waals surface area contributed by atoms with Gasteiger partial charge in [-0.25, -0.2) is 4.70 Å². The molecule has 0 spiro atoms. The Bertz CT molecular complexity index is 1150. The molecule has 0 amide bonds. The molecule has 0 saturated carbocycles.